The van der Waals surface area contributed by atoms with E-state index in [0.29, 0.717) is 36.0 Å². The minimum Gasteiger partial charge on any atom is -0.342 e. The smallest absolute Gasteiger partial charge is 0.227 e. The van der Waals surface area contributed by atoms with Crippen LogP contribution in [0.1, 0.15) is 24.8 Å². The van der Waals surface area contributed by atoms with Crippen LogP contribution in [0, 0.1) is 5.92 Å². The third-order valence-corrected chi connectivity index (χ3v) is 5.23. The molecule has 1 unspecified atom stereocenters. The molecule has 2 fully saturated rings. The summed E-state index contributed by atoms with van der Waals surface area (Å²) in [6.45, 7) is 2.79. The molecule has 6 heteroatoms. The Kier molecular flexibility index (Phi) is 5.12. The van der Waals surface area contributed by atoms with Gasteiger partial charge in [-0.3, -0.25) is 9.59 Å². The van der Waals surface area contributed by atoms with E-state index in [4.69, 9.17) is 23.2 Å². The van der Waals surface area contributed by atoms with Gasteiger partial charge in [0.05, 0.1) is 5.92 Å². The molecule has 2 heterocycles. The summed E-state index contributed by atoms with van der Waals surface area (Å²) < 4.78 is 0. The Bertz CT molecular complexity index is 615. The first-order valence-electron chi connectivity index (χ1n) is 8.05. The lowest BCUT2D eigenvalue weighted by molar-refractivity contribution is -0.134. The fraction of sp³-hybridized carbons (Fsp3) is 0.529. The lowest BCUT2D eigenvalue weighted by Gasteiger charge is -2.20. The van der Waals surface area contributed by atoms with Gasteiger partial charge in [0.2, 0.25) is 11.8 Å². The maximum Gasteiger partial charge on any atom is 0.227 e. The zero-order valence-electron chi connectivity index (χ0n) is 12.9. The summed E-state index contributed by atoms with van der Waals surface area (Å²) >= 11 is 12.1. The van der Waals surface area contributed by atoms with Crippen molar-refractivity contribution in [1.82, 2.24) is 9.80 Å². The molecule has 0 spiro atoms. The summed E-state index contributed by atoms with van der Waals surface area (Å²) in [5.41, 5.74) is 0.971. The monoisotopic (exact) mass is 354 g/mol. The van der Waals surface area contributed by atoms with Crippen molar-refractivity contribution in [1.29, 1.82) is 0 Å². The summed E-state index contributed by atoms with van der Waals surface area (Å²) in [5, 5.41) is 1.22. The van der Waals surface area contributed by atoms with E-state index in [1.54, 1.807) is 17.0 Å². The van der Waals surface area contributed by atoms with Gasteiger partial charge in [-0.2, -0.15) is 0 Å². The van der Waals surface area contributed by atoms with Crippen molar-refractivity contribution in [3.63, 3.8) is 0 Å². The quantitative estimate of drug-likeness (QED) is 0.833. The molecule has 1 aromatic carbocycles. The van der Waals surface area contributed by atoms with Crippen molar-refractivity contribution >= 4 is 35.0 Å². The number of hydrogen-bond acceptors (Lipinski definition) is 2. The summed E-state index contributed by atoms with van der Waals surface area (Å²) in [4.78, 5) is 28.3. The van der Waals surface area contributed by atoms with Crippen molar-refractivity contribution in [2.75, 3.05) is 26.2 Å². The van der Waals surface area contributed by atoms with Gasteiger partial charge in [0.15, 0.2) is 0 Å². The Morgan fingerprint density at radius 2 is 1.96 bits per heavy atom. The Hall–Kier alpha value is -1.26. The van der Waals surface area contributed by atoms with E-state index in [2.05, 4.69) is 0 Å². The van der Waals surface area contributed by atoms with Crippen LogP contribution in [-0.2, 0) is 16.0 Å². The van der Waals surface area contributed by atoms with Crippen molar-refractivity contribution in [3.8, 4) is 0 Å². The van der Waals surface area contributed by atoms with Gasteiger partial charge in [0, 0.05) is 42.6 Å². The van der Waals surface area contributed by atoms with Crippen LogP contribution in [0.3, 0.4) is 0 Å². The second-order valence-electron chi connectivity index (χ2n) is 6.26. The SMILES string of the molecule is O=C1CC(C(=O)N2CCCC2)CN1CCc1ccc(Cl)cc1Cl. The van der Waals surface area contributed by atoms with E-state index in [1.165, 1.54) is 0 Å². The van der Waals surface area contributed by atoms with Crippen molar-refractivity contribution in [2.24, 2.45) is 5.92 Å². The van der Waals surface area contributed by atoms with Crippen LogP contribution in [0.15, 0.2) is 18.2 Å². The molecule has 4 nitrogen and oxygen atoms in total. The largest absolute Gasteiger partial charge is 0.342 e. The molecule has 0 N–H and O–H groups in total. The summed E-state index contributed by atoms with van der Waals surface area (Å²) in [5.74, 6) is 0.0248. The predicted molar refractivity (Wildman–Crippen MR) is 90.7 cm³/mol. The Balaban J connectivity index is 1.56. The maximum absolute atomic E-state index is 12.4. The first-order chi connectivity index (χ1) is 11.0. The lowest BCUT2D eigenvalue weighted by Crippen LogP contribution is -2.35. The number of carbonyl (C=O) groups excluding carboxylic acids is 2. The van der Waals surface area contributed by atoms with Gasteiger partial charge in [0.1, 0.15) is 0 Å². The zero-order valence-corrected chi connectivity index (χ0v) is 14.4. The minimum atomic E-state index is -0.179. The molecular weight excluding hydrogens is 335 g/mol. The highest BCUT2D eigenvalue weighted by molar-refractivity contribution is 6.35. The molecule has 23 heavy (non-hydrogen) atoms. The average Bonchev–Trinajstić information content (AvgIpc) is 3.16. The van der Waals surface area contributed by atoms with Gasteiger partial charge >= 0.3 is 0 Å². The molecule has 2 aliphatic rings. The molecule has 0 saturated carbocycles. The predicted octanol–water partition coefficient (Wildman–Crippen LogP) is 3.01. The van der Waals surface area contributed by atoms with Crippen LogP contribution < -0.4 is 0 Å². The fourth-order valence-corrected chi connectivity index (χ4v) is 3.83. The summed E-state index contributed by atoms with van der Waals surface area (Å²) in [7, 11) is 0. The topological polar surface area (TPSA) is 40.6 Å². The average molecular weight is 355 g/mol. The van der Waals surface area contributed by atoms with Crippen LogP contribution in [0.4, 0.5) is 0 Å². The summed E-state index contributed by atoms with van der Waals surface area (Å²) in [6, 6.07) is 5.40. The van der Waals surface area contributed by atoms with E-state index >= 15 is 0 Å². The molecule has 3 rings (SSSR count). The van der Waals surface area contributed by atoms with Crippen molar-refractivity contribution in [3.05, 3.63) is 33.8 Å². The van der Waals surface area contributed by atoms with E-state index in [9.17, 15) is 9.59 Å². The molecule has 0 aliphatic carbocycles. The van der Waals surface area contributed by atoms with Gasteiger partial charge in [-0.15, -0.1) is 0 Å². The fourth-order valence-electron chi connectivity index (χ4n) is 3.33. The standard InChI is InChI=1S/C17H20Cl2N2O2/c18-14-4-3-12(15(19)10-14)5-8-21-11-13(9-16(21)22)17(23)20-6-1-2-7-20/h3-4,10,13H,1-2,5-9,11H2. The number of nitrogens with zero attached hydrogens (tertiary/aromatic N) is 2. The van der Waals surface area contributed by atoms with E-state index in [0.717, 1.165) is 31.5 Å². The van der Waals surface area contributed by atoms with Gasteiger partial charge in [-0.25, -0.2) is 0 Å². The Morgan fingerprint density at radius 3 is 2.65 bits per heavy atom. The van der Waals surface area contributed by atoms with Gasteiger partial charge in [0.25, 0.3) is 0 Å². The number of halogens is 2. The second-order valence-corrected chi connectivity index (χ2v) is 7.10. The third kappa shape index (κ3) is 3.81. The lowest BCUT2D eigenvalue weighted by atomic mass is 10.1. The normalized spacial score (nSPS) is 21.3. The molecular formula is C17H20Cl2N2O2. The first-order valence-corrected chi connectivity index (χ1v) is 8.80. The second kappa shape index (κ2) is 7.10. The maximum atomic E-state index is 12.4. The molecule has 2 aliphatic heterocycles. The minimum absolute atomic E-state index is 0.0626. The summed E-state index contributed by atoms with van der Waals surface area (Å²) in [6.07, 6.45) is 3.16. The molecule has 0 aromatic heterocycles. The number of amides is 2. The van der Waals surface area contributed by atoms with E-state index in [1.807, 2.05) is 11.0 Å². The van der Waals surface area contributed by atoms with E-state index < -0.39 is 0 Å². The van der Waals surface area contributed by atoms with Gasteiger partial charge in [-0.1, -0.05) is 29.3 Å². The van der Waals surface area contributed by atoms with Crippen molar-refractivity contribution in [2.45, 2.75) is 25.7 Å². The molecule has 1 atom stereocenters. The molecule has 0 radical (unpaired) electrons. The zero-order chi connectivity index (χ0) is 16.4. The molecule has 0 bridgehead atoms. The number of carbonyl (C=O) groups is 2. The molecule has 2 amide bonds. The third-order valence-electron chi connectivity index (χ3n) is 4.65. The number of rotatable bonds is 4. The van der Waals surface area contributed by atoms with Crippen LogP contribution in [0.25, 0.3) is 0 Å². The Labute approximate surface area is 146 Å². The highest BCUT2D eigenvalue weighted by Crippen LogP contribution is 2.25. The molecule has 1 aromatic rings. The molecule has 124 valence electrons. The highest BCUT2D eigenvalue weighted by Gasteiger charge is 2.36. The number of hydrogen-bond donors (Lipinski definition) is 0. The van der Waals surface area contributed by atoms with Crippen molar-refractivity contribution < 1.29 is 9.59 Å². The van der Waals surface area contributed by atoms with Crippen LogP contribution in [0.2, 0.25) is 10.0 Å². The van der Waals surface area contributed by atoms with Gasteiger partial charge in [-0.05, 0) is 37.0 Å². The van der Waals surface area contributed by atoms with Crippen LogP contribution >= 0.6 is 23.2 Å². The van der Waals surface area contributed by atoms with Crippen LogP contribution in [-0.4, -0.2) is 47.8 Å². The van der Waals surface area contributed by atoms with Crippen LogP contribution in [0.5, 0.6) is 0 Å². The Morgan fingerprint density at radius 1 is 1.22 bits per heavy atom. The number of likely N-dealkylation sites (tertiary alicyclic amines) is 2. The van der Waals surface area contributed by atoms with Gasteiger partial charge < -0.3 is 9.80 Å². The number of benzene rings is 1. The van der Waals surface area contributed by atoms with E-state index in [-0.39, 0.29) is 17.7 Å². The highest BCUT2D eigenvalue weighted by atomic mass is 35.5. The molecule has 2 saturated heterocycles. The first kappa shape index (κ1) is 16.6.